The van der Waals surface area contributed by atoms with Crippen LogP contribution in [0.4, 0.5) is 0 Å². The number of hydrogen-bond donors (Lipinski definition) is 1. The molecule has 0 heterocycles. The van der Waals surface area contributed by atoms with Gasteiger partial charge in [-0.3, -0.25) is 0 Å². The van der Waals surface area contributed by atoms with Crippen LogP contribution in [0, 0.1) is 0 Å². The minimum Gasteiger partial charge on any atom is -0.392 e. The van der Waals surface area contributed by atoms with E-state index < -0.39 is 10.0 Å². The summed E-state index contributed by atoms with van der Waals surface area (Å²) in [5.74, 6) is -0.236. The highest BCUT2D eigenvalue weighted by Crippen LogP contribution is 2.08. The zero-order chi connectivity index (χ0) is 11.4. The van der Waals surface area contributed by atoms with E-state index in [1.165, 1.54) is 4.31 Å². The van der Waals surface area contributed by atoms with Gasteiger partial charge in [0.15, 0.2) is 0 Å². The summed E-state index contributed by atoms with van der Waals surface area (Å²) in [6, 6.07) is -0.0469. The van der Waals surface area contributed by atoms with E-state index in [0.29, 0.717) is 6.54 Å². The molecule has 0 saturated heterocycles. The maximum Gasteiger partial charge on any atom is 0.220 e. The molecule has 6 heteroatoms. The highest BCUT2D eigenvalue weighted by molar-refractivity contribution is 7.92. The largest absolute Gasteiger partial charge is 0.392 e. The van der Waals surface area contributed by atoms with Crippen molar-refractivity contribution in [2.24, 2.45) is 5.73 Å². The van der Waals surface area contributed by atoms with Gasteiger partial charge in [-0.05, 0) is 20.3 Å². The number of nitrogens with zero attached hydrogens (tertiary/aromatic N) is 1. The molecule has 0 aliphatic carbocycles. The summed E-state index contributed by atoms with van der Waals surface area (Å²) in [6.07, 6.45) is 0.786. The van der Waals surface area contributed by atoms with Crippen LogP contribution in [-0.4, -0.2) is 36.1 Å². The number of hydrogen-bond acceptors (Lipinski definition) is 3. The average molecular weight is 238 g/mol. The Hall–Kier alpha value is -0.200. The number of rotatable bonds is 6. The molecule has 0 radical (unpaired) electrons. The standard InChI is InChI=1S/C8H18N2O2S2/c1-4-5-10(7(2)3)14(11,12)6-8(9)13/h7H,4-6H2,1-3H3,(H2,9,13). The monoisotopic (exact) mass is 238 g/mol. The van der Waals surface area contributed by atoms with Crippen molar-refractivity contribution in [1.29, 1.82) is 0 Å². The smallest absolute Gasteiger partial charge is 0.220 e. The van der Waals surface area contributed by atoms with Crippen LogP contribution in [0.2, 0.25) is 0 Å². The molecule has 0 aliphatic heterocycles. The van der Waals surface area contributed by atoms with Gasteiger partial charge in [0.25, 0.3) is 0 Å². The summed E-state index contributed by atoms with van der Waals surface area (Å²) < 4.78 is 24.9. The van der Waals surface area contributed by atoms with E-state index in [0.717, 1.165) is 6.42 Å². The molecule has 0 aromatic heterocycles. The van der Waals surface area contributed by atoms with Crippen LogP contribution in [0.1, 0.15) is 27.2 Å². The molecule has 0 amide bonds. The predicted molar refractivity (Wildman–Crippen MR) is 62.7 cm³/mol. The summed E-state index contributed by atoms with van der Waals surface area (Å²) >= 11 is 4.61. The van der Waals surface area contributed by atoms with Crippen LogP contribution in [0.3, 0.4) is 0 Å². The second kappa shape index (κ2) is 5.63. The Bertz CT molecular complexity index is 286. The van der Waals surface area contributed by atoms with Crippen molar-refractivity contribution in [2.75, 3.05) is 12.3 Å². The van der Waals surface area contributed by atoms with Crippen molar-refractivity contribution in [3.05, 3.63) is 0 Å². The minimum atomic E-state index is -3.32. The van der Waals surface area contributed by atoms with Gasteiger partial charge in [-0.25, -0.2) is 8.42 Å². The van der Waals surface area contributed by atoms with E-state index in [-0.39, 0.29) is 16.8 Å². The number of nitrogens with two attached hydrogens (primary N) is 1. The normalized spacial score (nSPS) is 12.4. The summed E-state index contributed by atoms with van der Waals surface area (Å²) in [4.78, 5) is 0.0201. The maximum atomic E-state index is 11.7. The van der Waals surface area contributed by atoms with E-state index in [1.54, 1.807) is 0 Å². The fourth-order valence-corrected chi connectivity index (χ4v) is 3.28. The second-order valence-corrected chi connectivity index (χ2v) is 5.87. The van der Waals surface area contributed by atoms with Crippen molar-refractivity contribution in [3.63, 3.8) is 0 Å². The molecule has 0 rings (SSSR count). The molecule has 0 unspecified atom stereocenters. The number of sulfonamides is 1. The molecule has 0 aromatic rings. The summed E-state index contributed by atoms with van der Waals surface area (Å²) in [5.41, 5.74) is 5.24. The molecule has 0 spiro atoms. The van der Waals surface area contributed by atoms with E-state index in [2.05, 4.69) is 12.2 Å². The van der Waals surface area contributed by atoms with Crippen molar-refractivity contribution in [2.45, 2.75) is 33.2 Å². The van der Waals surface area contributed by atoms with Crippen molar-refractivity contribution >= 4 is 27.2 Å². The van der Waals surface area contributed by atoms with Gasteiger partial charge in [0, 0.05) is 12.6 Å². The van der Waals surface area contributed by atoms with Gasteiger partial charge in [-0.2, -0.15) is 4.31 Å². The lowest BCUT2D eigenvalue weighted by atomic mass is 10.4. The summed E-state index contributed by atoms with van der Waals surface area (Å²) in [6.45, 7) is 6.13. The molecule has 0 fully saturated rings. The van der Waals surface area contributed by atoms with Gasteiger partial charge in [0.1, 0.15) is 5.75 Å². The third-order valence-electron chi connectivity index (χ3n) is 1.70. The maximum absolute atomic E-state index is 11.7. The Morgan fingerprint density at radius 1 is 1.50 bits per heavy atom. The van der Waals surface area contributed by atoms with Crippen molar-refractivity contribution in [1.82, 2.24) is 4.31 Å². The fraction of sp³-hybridized carbons (Fsp3) is 0.875. The second-order valence-electron chi connectivity index (χ2n) is 3.43. The van der Waals surface area contributed by atoms with Gasteiger partial charge < -0.3 is 5.73 Å². The predicted octanol–water partition coefficient (Wildman–Crippen LogP) is 0.723. The van der Waals surface area contributed by atoms with Gasteiger partial charge in [-0.1, -0.05) is 19.1 Å². The lowest BCUT2D eigenvalue weighted by molar-refractivity contribution is 0.356. The van der Waals surface area contributed by atoms with Crippen LogP contribution in [0.15, 0.2) is 0 Å². The summed E-state index contributed by atoms with van der Waals surface area (Å²) in [5, 5.41) is 0. The lowest BCUT2D eigenvalue weighted by Gasteiger charge is -2.24. The molecule has 14 heavy (non-hydrogen) atoms. The lowest BCUT2D eigenvalue weighted by Crippen LogP contribution is -2.41. The van der Waals surface area contributed by atoms with Crippen LogP contribution >= 0.6 is 12.2 Å². The zero-order valence-electron chi connectivity index (χ0n) is 8.86. The SMILES string of the molecule is CCCN(C(C)C)S(=O)(=O)CC(N)=S. The van der Waals surface area contributed by atoms with Gasteiger partial charge >= 0.3 is 0 Å². The van der Waals surface area contributed by atoms with Crippen molar-refractivity contribution < 1.29 is 8.42 Å². The van der Waals surface area contributed by atoms with Crippen LogP contribution in [0.25, 0.3) is 0 Å². The third-order valence-corrected chi connectivity index (χ3v) is 4.02. The summed E-state index contributed by atoms with van der Waals surface area (Å²) in [7, 11) is -3.32. The zero-order valence-corrected chi connectivity index (χ0v) is 10.5. The first-order valence-electron chi connectivity index (χ1n) is 4.59. The van der Waals surface area contributed by atoms with E-state index in [9.17, 15) is 8.42 Å². The molecule has 0 aromatic carbocycles. The molecule has 0 bridgehead atoms. The molecular weight excluding hydrogens is 220 g/mol. The van der Waals surface area contributed by atoms with Crippen molar-refractivity contribution in [3.8, 4) is 0 Å². The minimum absolute atomic E-state index is 0.0201. The Morgan fingerprint density at radius 3 is 2.29 bits per heavy atom. The highest BCUT2D eigenvalue weighted by atomic mass is 32.2. The Labute approximate surface area is 91.5 Å². The highest BCUT2D eigenvalue weighted by Gasteiger charge is 2.24. The third kappa shape index (κ3) is 4.34. The molecule has 0 saturated carbocycles. The number of thiocarbonyl (C=S) groups is 1. The quantitative estimate of drug-likeness (QED) is 0.693. The van der Waals surface area contributed by atoms with Gasteiger partial charge in [0.2, 0.25) is 10.0 Å². The van der Waals surface area contributed by atoms with Crippen LogP contribution in [-0.2, 0) is 10.0 Å². The molecular formula is C8H18N2O2S2. The van der Waals surface area contributed by atoms with E-state index in [4.69, 9.17) is 5.73 Å². The molecule has 0 aliphatic rings. The topological polar surface area (TPSA) is 63.4 Å². The van der Waals surface area contributed by atoms with Crippen LogP contribution in [0.5, 0.6) is 0 Å². The van der Waals surface area contributed by atoms with E-state index in [1.807, 2.05) is 20.8 Å². The average Bonchev–Trinajstić information content (AvgIpc) is 1.96. The Morgan fingerprint density at radius 2 is 2.00 bits per heavy atom. The first-order chi connectivity index (χ1) is 6.31. The fourth-order valence-electron chi connectivity index (χ4n) is 1.20. The van der Waals surface area contributed by atoms with Gasteiger partial charge in [-0.15, -0.1) is 0 Å². The van der Waals surface area contributed by atoms with E-state index >= 15 is 0 Å². The molecule has 0 atom stereocenters. The molecule has 2 N–H and O–H groups in total. The first kappa shape index (κ1) is 13.8. The molecule has 84 valence electrons. The Balaban J connectivity index is 4.72. The Kier molecular flexibility index (Phi) is 5.54. The molecule has 4 nitrogen and oxygen atoms in total. The van der Waals surface area contributed by atoms with Crippen LogP contribution < -0.4 is 5.73 Å². The first-order valence-corrected chi connectivity index (χ1v) is 6.60. The van der Waals surface area contributed by atoms with Gasteiger partial charge in [0.05, 0.1) is 4.99 Å².